The van der Waals surface area contributed by atoms with Gasteiger partial charge in [-0.1, -0.05) is 28.1 Å². The van der Waals surface area contributed by atoms with Gasteiger partial charge in [0.05, 0.1) is 0 Å². The topological polar surface area (TPSA) is 46.5 Å². The van der Waals surface area contributed by atoms with Crippen LogP contribution < -0.4 is 0 Å². The fraction of sp³-hybridized carbons (Fsp3) is 0.300. The normalized spacial score (nSPS) is 12.4. The van der Waals surface area contributed by atoms with Gasteiger partial charge < -0.3 is 9.84 Å². The van der Waals surface area contributed by atoms with E-state index in [1.54, 1.807) is 0 Å². The first-order valence-corrected chi connectivity index (χ1v) is 4.93. The second-order valence-electron chi connectivity index (χ2n) is 2.89. The summed E-state index contributed by atoms with van der Waals surface area (Å²) >= 11 is 3.31. The summed E-state index contributed by atoms with van der Waals surface area (Å²) in [6.07, 6.45) is -0.379. The maximum atomic E-state index is 10.7. The van der Waals surface area contributed by atoms with Crippen LogP contribution in [0.15, 0.2) is 28.7 Å². The Morgan fingerprint density at radius 1 is 1.50 bits per heavy atom. The zero-order valence-electron chi connectivity index (χ0n) is 7.74. The minimum Gasteiger partial charge on any atom is -0.479 e. The summed E-state index contributed by atoms with van der Waals surface area (Å²) in [4.78, 5) is 10.7. The lowest BCUT2D eigenvalue weighted by Crippen LogP contribution is -2.24. The quantitative estimate of drug-likeness (QED) is 0.900. The van der Waals surface area contributed by atoms with Gasteiger partial charge in [-0.15, -0.1) is 0 Å². The van der Waals surface area contributed by atoms with E-state index in [1.807, 2.05) is 24.3 Å². The fourth-order valence-corrected chi connectivity index (χ4v) is 1.37. The van der Waals surface area contributed by atoms with Crippen molar-refractivity contribution in [2.24, 2.45) is 0 Å². The van der Waals surface area contributed by atoms with E-state index >= 15 is 0 Å². The number of rotatable bonds is 4. The number of hydrogen-bond acceptors (Lipinski definition) is 2. The van der Waals surface area contributed by atoms with Crippen molar-refractivity contribution in [1.82, 2.24) is 0 Å². The molecule has 1 aromatic carbocycles. The fourth-order valence-electron chi connectivity index (χ4n) is 1.11. The molecule has 0 saturated heterocycles. The maximum Gasteiger partial charge on any atom is 0.333 e. The number of benzene rings is 1. The summed E-state index contributed by atoms with van der Waals surface area (Å²) in [5.74, 6) is -0.935. The Morgan fingerprint density at radius 3 is 2.50 bits per heavy atom. The molecule has 0 aliphatic heterocycles. The Balaban J connectivity index is 2.67. The molecule has 0 heterocycles. The number of carboxylic acid groups (broad SMARTS) is 1. The molecule has 0 bridgehead atoms. The van der Waals surface area contributed by atoms with Crippen molar-refractivity contribution in [3.8, 4) is 0 Å². The third kappa shape index (κ3) is 3.12. The SMILES string of the molecule is COC(Cc1ccc(Br)cc1)C(=O)O. The zero-order chi connectivity index (χ0) is 10.6. The van der Waals surface area contributed by atoms with E-state index < -0.39 is 12.1 Å². The minimum atomic E-state index is -0.935. The van der Waals surface area contributed by atoms with E-state index in [0.717, 1.165) is 10.0 Å². The molecule has 14 heavy (non-hydrogen) atoms. The number of carbonyl (C=O) groups is 1. The highest BCUT2D eigenvalue weighted by atomic mass is 79.9. The molecule has 1 atom stereocenters. The standard InChI is InChI=1S/C10H11BrO3/c1-14-9(10(12)13)6-7-2-4-8(11)5-3-7/h2-5,9H,6H2,1H3,(H,12,13). The Hall–Kier alpha value is -0.870. The average Bonchev–Trinajstić information content (AvgIpc) is 2.16. The molecule has 0 aliphatic carbocycles. The number of ether oxygens (including phenoxy) is 1. The number of methoxy groups -OCH3 is 1. The molecule has 0 fully saturated rings. The Kier molecular flexibility index (Phi) is 4.10. The van der Waals surface area contributed by atoms with Gasteiger partial charge >= 0.3 is 5.97 Å². The molecular formula is C10H11BrO3. The van der Waals surface area contributed by atoms with Gasteiger partial charge in [-0.05, 0) is 17.7 Å². The van der Waals surface area contributed by atoms with E-state index in [2.05, 4.69) is 15.9 Å². The highest BCUT2D eigenvalue weighted by Gasteiger charge is 2.16. The Bertz CT molecular complexity index is 308. The lowest BCUT2D eigenvalue weighted by molar-refractivity contribution is -0.148. The smallest absolute Gasteiger partial charge is 0.333 e. The number of aliphatic carboxylic acids is 1. The van der Waals surface area contributed by atoms with E-state index in [9.17, 15) is 4.79 Å². The van der Waals surface area contributed by atoms with E-state index in [4.69, 9.17) is 9.84 Å². The molecule has 1 unspecified atom stereocenters. The molecule has 1 aromatic rings. The van der Waals surface area contributed by atoms with Gasteiger partial charge in [-0.2, -0.15) is 0 Å². The first kappa shape index (κ1) is 11.2. The predicted octanol–water partition coefficient (Wildman–Crippen LogP) is 2.09. The van der Waals surface area contributed by atoms with Crippen LogP contribution in [0.1, 0.15) is 5.56 Å². The third-order valence-corrected chi connectivity index (χ3v) is 2.42. The van der Waals surface area contributed by atoms with Gasteiger partial charge in [0.2, 0.25) is 0 Å². The molecule has 0 aliphatic rings. The summed E-state index contributed by atoms with van der Waals surface area (Å²) in [7, 11) is 1.40. The summed E-state index contributed by atoms with van der Waals surface area (Å²) in [5, 5.41) is 8.75. The molecule has 0 radical (unpaired) electrons. The van der Waals surface area contributed by atoms with Crippen molar-refractivity contribution in [2.45, 2.75) is 12.5 Å². The molecule has 0 aromatic heterocycles. The molecule has 1 rings (SSSR count). The lowest BCUT2D eigenvalue weighted by Gasteiger charge is -2.09. The molecule has 3 nitrogen and oxygen atoms in total. The van der Waals surface area contributed by atoms with E-state index in [0.29, 0.717) is 6.42 Å². The van der Waals surface area contributed by atoms with Gasteiger partial charge in [0.15, 0.2) is 6.10 Å². The van der Waals surface area contributed by atoms with Crippen molar-refractivity contribution < 1.29 is 14.6 Å². The van der Waals surface area contributed by atoms with Crippen LogP contribution in [0.2, 0.25) is 0 Å². The zero-order valence-corrected chi connectivity index (χ0v) is 9.32. The molecule has 4 heteroatoms. The van der Waals surface area contributed by atoms with Crippen LogP contribution in [0.25, 0.3) is 0 Å². The average molecular weight is 259 g/mol. The second-order valence-corrected chi connectivity index (χ2v) is 3.81. The number of carboxylic acids is 1. The van der Waals surface area contributed by atoms with Crippen molar-refractivity contribution in [2.75, 3.05) is 7.11 Å². The molecule has 0 saturated carbocycles. The minimum absolute atomic E-state index is 0.388. The third-order valence-electron chi connectivity index (χ3n) is 1.89. The predicted molar refractivity (Wildman–Crippen MR) is 56.3 cm³/mol. The van der Waals surface area contributed by atoms with Crippen molar-refractivity contribution in [1.29, 1.82) is 0 Å². The van der Waals surface area contributed by atoms with Crippen LogP contribution in [0, 0.1) is 0 Å². The van der Waals surface area contributed by atoms with Crippen LogP contribution >= 0.6 is 15.9 Å². The summed E-state index contributed by atoms with van der Waals surface area (Å²) in [6, 6.07) is 7.51. The Labute approximate surface area is 90.8 Å². The van der Waals surface area contributed by atoms with Gasteiger partial charge in [0.1, 0.15) is 0 Å². The van der Waals surface area contributed by atoms with Crippen molar-refractivity contribution in [3.63, 3.8) is 0 Å². The molecule has 76 valence electrons. The van der Waals surface area contributed by atoms with Gasteiger partial charge in [0.25, 0.3) is 0 Å². The van der Waals surface area contributed by atoms with E-state index in [1.165, 1.54) is 7.11 Å². The van der Waals surface area contributed by atoms with E-state index in [-0.39, 0.29) is 0 Å². The number of halogens is 1. The monoisotopic (exact) mass is 258 g/mol. The largest absolute Gasteiger partial charge is 0.479 e. The molecule has 0 spiro atoms. The summed E-state index contributed by atoms with van der Waals surface area (Å²) in [5.41, 5.74) is 0.947. The highest BCUT2D eigenvalue weighted by molar-refractivity contribution is 9.10. The molecule has 1 N–H and O–H groups in total. The van der Waals surface area contributed by atoms with Crippen LogP contribution in [0.5, 0.6) is 0 Å². The van der Waals surface area contributed by atoms with Gasteiger partial charge in [-0.25, -0.2) is 4.79 Å². The van der Waals surface area contributed by atoms with Crippen molar-refractivity contribution in [3.05, 3.63) is 34.3 Å². The molecule has 0 amide bonds. The summed E-state index contributed by atoms with van der Waals surface area (Å²) < 4.78 is 5.81. The first-order chi connectivity index (χ1) is 6.63. The highest BCUT2D eigenvalue weighted by Crippen LogP contribution is 2.12. The first-order valence-electron chi connectivity index (χ1n) is 4.13. The van der Waals surface area contributed by atoms with Crippen LogP contribution in [0.3, 0.4) is 0 Å². The molecular weight excluding hydrogens is 248 g/mol. The van der Waals surface area contributed by atoms with Crippen LogP contribution in [-0.4, -0.2) is 24.3 Å². The van der Waals surface area contributed by atoms with Gasteiger partial charge in [-0.3, -0.25) is 0 Å². The Morgan fingerprint density at radius 2 is 2.07 bits per heavy atom. The van der Waals surface area contributed by atoms with Crippen molar-refractivity contribution >= 4 is 21.9 Å². The van der Waals surface area contributed by atoms with Crippen LogP contribution in [0.4, 0.5) is 0 Å². The maximum absolute atomic E-state index is 10.7. The summed E-state index contributed by atoms with van der Waals surface area (Å²) in [6.45, 7) is 0. The second kappa shape index (κ2) is 5.12. The number of hydrogen-bond donors (Lipinski definition) is 1. The van der Waals surface area contributed by atoms with Gasteiger partial charge in [0, 0.05) is 18.0 Å². The van der Waals surface area contributed by atoms with Crippen LogP contribution in [-0.2, 0) is 16.0 Å². The lowest BCUT2D eigenvalue weighted by atomic mass is 10.1.